The Morgan fingerprint density at radius 2 is 1.93 bits per heavy atom. The summed E-state index contributed by atoms with van der Waals surface area (Å²) in [5, 5.41) is 5.06. The van der Waals surface area contributed by atoms with Crippen molar-refractivity contribution < 1.29 is 0 Å². The van der Waals surface area contributed by atoms with Gasteiger partial charge in [-0.05, 0) is 37.6 Å². The average molecular weight is 416 g/mol. The van der Waals surface area contributed by atoms with Gasteiger partial charge < -0.3 is 10.3 Å². The Labute approximate surface area is 177 Å². The molecular weight excluding hydrogens is 398 g/mol. The molecular formula is C22H18ClN7. The maximum Gasteiger partial charge on any atom is 0.182 e. The van der Waals surface area contributed by atoms with Crippen LogP contribution in [-0.2, 0) is 0 Å². The Morgan fingerprint density at radius 3 is 2.80 bits per heavy atom. The molecule has 4 heterocycles. The van der Waals surface area contributed by atoms with Crippen molar-refractivity contribution in [1.82, 2.24) is 29.9 Å². The van der Waals surface area contributed by atoms with Crippen LogP contribution in [0.5, 0.6) is 0 Å². The van der Waals surface area contributed by atoms with E-state index in [1.165, 1.54) is 6.33 Å². The predicted octanol–water partition coefficient (Wildman–Crippen LogP) is 5.10. The number of aryl methyl sites for hydroxylation is 1. The SMILES string of the molecule is Cc1cccnc1-c1nc2c(Cl)cccc2cc1[C@H](C)Nc1ncnc2nc[nH]c12. The molecule has 1 aromatic carbocycles. The highest BCUT2D eigenvalue weighted by atomic mass is 35.5. The highest BCUT2D eigenvalue weighted by Crippen LogP contribution is 2.34. The van der Waals surface area contributed by atoms with Gasteiger partial charge in [0.25, 0.3) is 0 Å². The van der Waals surface area contributed by atoms with Crippen LogP contribution in [0.3, 0.4) is 0 Å². The molecule has 148 valence electrons. The third kappa shape index (κ3) is 3.13. The van der Waals surface area contributed by atoms with E-state index >= 15 is 0 Å². The minimum absolute atomic E-state index is 0.112. The minimum atomic E-state index is -0.112. The van der Waals surface area contributed by atoms with Crippen molar-refractivity contribution in [3.63, 3.8) is 0 Å². The third-order valence-corrected chi connectivity index (χ3v) is 5.41. The number of fused-ring (bicyclic) bond motifs is 2. The van der Waals surface area contributed by atoms with Crippen LogP contribution in [0, 0.1) is 6.92 Å². The molecule has 0 amide bonds. The summed E-state index contributed by atoms with van der Waals surface area (Å²) < 4.78 is 0. The number of pyridine rings is 2. The molecule has 5 aromatic rings. The Hall–Kier alpha value is -3.58. The zero-order valence-corrected chi connectivity index (χ0v) is 17.1. The summed E-state index contributed by atoms with van der Waals surface area (Å²) in [7, 11) is 0. The molecule has 7 nitrogen and oxygen atoms in total. The number of para-hydroxylation sites is 1. The molecule has 0 spiro atoms. The first kappa shape index (κ1) is 18.4. The van der Waals surface area contributed by atoms with Crippen LogP contribution in [0.1, 0.15) is 24.1 Å². The van der Waals surface area contributed by atoms with E-state index in [0.717, 1.165) is 38.9 Å². The van der Waals surface area contributed by atoms with Gasteiger partial charge in [0.2, 0.25) is 0 Å². The van der Waals surface area contributed by atoms with Crippen molar-refractivity contribution in [3.05, 3.63) is 71.4 Å². The van der Waals surface area contributed by atoms with Crippen LogP contribution in [0.15, 0.2) is 55.2 Å². The fraction of sp³-hybridized carbons (Fsp3) is 0.136. The summed E-state index contributed by atoms with van der Waals surface area (Å²) in [6.07, 6.45) is 4.89. The molecule has 8 heteroatoms. The Bertz CT molecular complexity index is 1380. The minimum Gasteiger partial charge on any atom is -0.362 e. The van der Waals surface area contributed by atoms with Crippen molar-refractivity contribution in [2.24, 2.45) is 0 Å². The van der Waals surface area contributed by atoms with Crippen molar-refractivity contribution in [2.75, 3.05) is 5.32 Å². The van der Waals surface area contributed by atoms with Crippen molar-refractivity contribution in [3.8, 4) is 11.4 Å². The topological polar surface area (TPSA) is 92.3 Å². The van der Waals surface area contributed by atoms with E-state index in [4.69, 9.17) is 16.6 Å². The number of H-pyrrole nitrogens is 1. The average Bonchev–Trinajstić information content (AvgIpc) is 3.24. The molecule has 30 heavy (non-hydrogen) atoms. The van der Waals surface area contributed by atoms with Crippen LogP contribution < -0.4 is 5.32 Å². The number of benzene rings is 1. The highest BCUT2D eigenvalue weighted by molar-refractivity contribution is 6.35. The van der Waals surface area contributed by atoms with E-state index in [-0.39, 0.29) is 6.04 Å². The molecule has 5 rings (SSSR count). The summed E-state index contributed by atoms with van der Waals surface area (Å²) in [6.45, 7) is 4.10. The lowest BCUT2D eigenvalue weighted by molar-refractivity contribution is 0.871. The summed E-state index contributed by atoms with van der Waals surface area (Å²) in [6, 6.07) is 11.7. The summed E-state index contributed by atoms with van der Waals surface area (Å²) >= 11 is 6.44. The van der Waals surface area contributed by atoms with Gasteiger partial charge in [0.15, 0.2) is 11.5 Å². The van der Waals surface area contributed by atoms with E-state index in [1.54, 1.807) is 12.5 Å². The van der Waals surface area contributed by atoms with E-state index in [2.05, 4.69) is 43.2 Å². The largest absolute Gasteiger partial charge is 0.362 e. The lowest BCUT2D eigenvalue weighted by Gasteiger charge is -2.20. The van der Waals surface area contributed by atoms with Crippen molar-refractivity contribution in [2.45, 2.75) is 19.9 Å². The van der Waals surface area contributed by atoms with E-state index < -0.39 is 0 Å². The first-order chi connectivity index (χ1) is 14.6. The van der Waals surface area contributed by atoms with Gasteiger partial charge in [0, 0.05) is 17.1 Å². The molecule has 1 atom stereocenters. The standard InChI is InChI=1S/C22H18ClN7/c1-12-5-4-8-24-17(12)19-15(9-14-6-3-7-16(23)18(14)30-19)13(2)29-22-20-21(26-10-25-20)27-11-28-22/h3-11,13H,1-2H3,(H2,25,26,27,28,29)/t13-/m0/s1. The molecule has 0 aliphatic rings. The van der Waals surface area contributed by atoms with E-state index in [9.17, 15) is 0 Å². The fourth-order valence-electron chi connectivity index (χ4n) is 3.59. The lowest BCUT2D eigenvalue weighted by atomic mass is 9.99. The first-order valence-corrected chi connectivity index (χ1v) is 9.91. The number of hydrogen-bond acceptors (Lipinski definition) is 6. The quantitative estimate of drug-likeness (QED) is 0.424. The number of rotatable bonds is 4. The Morgan fingerprint density at radius 1 is 1.03 bits per heavy atom. The Kier molecular flexibility index (Phi) is 4.52. The highest BCUT2D eigenvalue weighted by Gasteiger charge is 2.19. The fourth-order valence-corrected chi connectivity index (χ4v) is 3.81. The van der Waals surface area contributed by atoms with Crippen molar-refractivity contribution >= 4 is 39.5 Å². The Balaban J connectivity index is 1.68. The van der Waals surface area contributed by atoms with Gasteiger partial charge >= 0.3 is 0 Å². The number of nitrogens with zero attached hydrogens (tertiary/aromatic N) is 5. The molecule has 0 saturated carbocycles. The van der Waals surface area contributed by atoms with Crippen LogP contribution in [-0.4, -0.2) is 29.9 Å². The number of aromatic amines is 1. The predicted molar refractivity (Wildman–Crippen MR) is 118 cm³/mol. The molecule has 4 aromatic heterocycles. The smallest absolute Gasteiger partial charge is 0.182 e. The van der Waals surface area contributed by atoms with Crippen LogP contribution in [0.2, 0.25) is 5.02 Å². The van der Waals surface area contributed by atoms with E-state index in [1.807, 2.05) is 37.3 Å². The molecule has 0 saturated heterocycles. The van der Waals surface area contributed by atoms with Gasteiger partial charge in [-0.3, -0.25) is 4.98 Å². The molecule has 0 unspecified atom stereocenters. The second-order valence-electron chi connectivity index (χ2n) is 7.10. The van der Waals surface area contributed by atoms with Gasteiger partial charge in [-0.15, -0.1) is 0 Å². The van der Waals surface area contributed by atoms with Gasteiger partial charge in [0.05, 0.1) is 34.3 Å². The number of anilines is 1. The number of nitrogens with one attached hydrogen (secondary N) is 2. The molecule has 0 bridgehead atoms. The molecule has 2 N–H and O–H groups in total. The van der Waals surface area contributed by atoms with Crippen LogP contribution >= 0.6 is 11.6 Å². The molecule has 0 fully saturated rings. The zero-order valence-electron chi connectivity index (χ0n) is 16.4. The monoisotopic (exact) mass is 415 g/mol. The number of imidazole rings is 1. The van der Waals surface area contributed by atoms with Crippen molar-refractivity contribution in [1.29, 1.82) is 0 Å². The van der Waals surface area contributed by atoms with Crippen LogP contribution in [0.25, 0.3) is 33.5 Å². The van der Waals surface area contributed by atoms with Gasteiger partial charge in [0.1, 0.15) is 11.8 Å². The normalized spacial score (nSPS) is 12.4. The maximum atomic E-state index is 6.44. The number of halogens is 1. The summed E-state index contributed by atoms with van der Waals surface area (Å²) in [5.41, 5.74) is 5.80. The zero-order chi connectivity index (χ0) is 20.7. The molecule has 0 radical (unpaired) electrons. The molecule has 0 aliphatic heterocycles. The lowest BCUT2D eigenvalue weighted by Crippen LogP contribution is -2.11. The number of aromatic nitrogens is 6. The van der Waals surface area contributed by atoms with E-state index in [0.29, 0.717) is 16.5 Å². The van der Waals surface area contributed by atoms with Gasteiger partial charge in [-0.25, -0.2) is 19.9 Å². The number of hydrogen-bond donors (Lipinski definition) is 2. The van der Waals surface area contributed by atoms with Gasteiger partial charge in [-0.1, -0.05) is 29.8 Å². The summed E-state index contributed by atoms with van der Waals surface area (Å²) in [5.74, 6) is 0.680. The summed E-state index contributed by atoms with van der Waals surface area (Å²) in [4.78, 5) is 25.4. The van der Waals surface area contributed by atoms with Gasteiger partial charge in [-0.2, -0.15) is 0 Å². The second-order valence-corrected chi connectivity index (χ2v) is 7.50. The second kappa shape index (κ2) is 7.35. The first-order valence-electron chi connectivity index (χ1n) is 9.53. The van der Waals surface area contributed by atoms with Crippen LogP contribution in [0.4, 0.5) is 5.82 Å². The molecule has 0 aliphatic carbocycles. The maximum absolute atomic E-state index is 6.44. The third-order valence-electron chi connectivity index (χ3n) is 5.10.